The Bertz CT molecular complexity index is 496. The van der Waals surface area contributed by atoms with Crippen molar-refractivity contribution in [1.82, 2.24) is 5.32 Å². The van der Waals surface area contributed by atoms with Gasteiger partial charge in [0.05, 0.1) is 32.5 Å². The molecule has 1 atom stereocenters. The number of ether oxygens (including phenoxy) is 2. The van der Waals surface area contributed by atoms with Gasteiger partial charge in [0.15, 0.2) is 0 Å². The van der Waals surface area contributed by atoms with Gasteiger partial charge in [0.1, 0.15) is 0 Å². The summed E-state index contributed by atoms with van der Waals surface area (Å²) >= 11 is 0. The summed E-state index contributed by atoms with van der Waals surface area (Å²) < 4.78 is 10.7. The maximum absolute atomic E-state index is 11.9. The van der Waals surface area contributed by atoms with Gasteiger partial charge in [0, 0.05) is 17.7 Å². The van der Waals surface area contributed by atoms with Crippen molar-refractivity contribution in [3.63, 3.8) is 0 Å². The molecule has 1 saturated heterocycles. The van der Waals surface area contributed by atoms with Gasteiger partial charge in [-0.2, -0.15) is 0 Å². The molecule has 1 unspecified atom stereocenters. The smallest absolute Gasteiger partial charge is 0.251 e. The van der Waals surface area contributed by atoms with Crippen molar-refractivity contribution in [3.05, 3.63) is 35.4 Å². The zero-order chi connectivity index (χ0) is 14.2. The molecule has 1 aromatic carbocycles. The third kappa shape index (κ3) is 4.35. The number of carbonyl (C=O) groups excluding carboxylic acids is 1. The second-order valence-corrected chi connectivity index (χ2v) is 4.36. The molecule has 1 heterocycles. The molecule has 0 radical (unpaired) electrons. The third-order valence-corrected chi connectivity index (χ3v) is 2.86. The number of amides is 1. The zero-order valence-electron chi connectivity index (χ0n) is 11.2. The number of benzene rings is 1. The lowest BCUT2D eigenvalue weighted by Gasteiger charge is -2.23. The summed E-state index contributed by atoms with van der Waals surface area (Å²) in [7, 11) is 0. The Balaban J connectivity index is 1.85. The van der Waals surface area contributed by atoms with Gasteiger partial charge in [-0.05, 0) is 24.3 Å². The van der Waals surface area contributed by atoms with Crippen molar-refractivity contribution in [2.75, 3.05) is 32.9 Å². The van der Waals surface area contributed by atoms with E-state index in [1.165, 1.54) is 0 Å². The molecule has 2 rings (SSSR count). The number of rotatable bonds is 3. The van der Waals surface area contributed by atoms with Crippen molar-refractivity contribution in [1.29, 1.82) is 0 Å². The van der Waals surface area contributed by atoms with E-state index in [-0.39, 0.29) is 12.0 Å². The van der Waals surface area contributed by atoms with Gasteiger partial charge >= 0.3 is 0 Å². The van der Waals surface area contributed by atoms with Crippen molar-refractivity contribution in [2.24, 2.45) is 5.73 Å². The second kappa shape index (κ2) is 7.65. The molecule has 0 bridgehead atoms. The zero-order valence-corrected chi connectivity index (χ0v) is 11.2. The van der Waals surface area contributed by atoms with Crippen LogP contribution in [0.5, 0.6) is 0 Å². The average Bonchev–Trinajstić information content (AvgIpc) is 2.52. The Morgan fingerprint density at radius 3 is 2.80 bits per heavy atom. The summed E-state index contributed by atoms with van der Waals surface area (Å²) in [4.78, 5) is 11.9. The third-order valence-electron chi connectivity index (χ3n) is 2.86. The minimum atomic E-state index is -0.127. The van der Waals surface area contributed by atoms with Crippen LogP contribution in [0.15, 0.2) is 24.3 Å². The van der Waals surface area contributed by atoms with E-state index in [1.54, 1.807) is 24.3 Å². The predicted octanol–water partition coefficient (Wildman–Crippen LogP) is 0.142. The monoisotopic (exact) mass is 274 g/mol. The minimum absolute atomic E-state index is 0.0672. The molecule has 0 aliphatic carbocycles. The van der Waals surface area contributed by atoms with Gasteiger partial charge in [-0.15, -0.1) is 0 Å². The van der Waals surface area contributed by atoms with Crippen molar-refractivity contribution in [3.8, 4) is 11.8 Å². The van der Waals surface area contributed by atoms with Gasteiger partial charge in [0.2, 0.25) is 0 Å². The lowest BCUT2D eigenvalue weighted by atomic mass is 10.1. The summed E-state index contributed by atoms with van der Waals surface area (Å²) in [5.41, 5.74) is 6.75. The average molecular weight is 274 g/mol. The van der Waals surface area contributed by atoms with Crippen molar-refractivity contribution in [2.45, 2.75) is 6.10 Å². The number of hydrogen-bond acceptors (Lipinski definition) is 4. The van der Waals surface area contributed by atoms with Gasteiger partial charge in [-0.1, -0.05) is 11.8 Å². The van der Waals surface area contributed by atoms with E-state index in [4.69, 9.17) is 15.2 Å². The Hall–Kier alpha value is -1.87. The highest BCUT2D eigenvalue weighted by molar-refractivity contribution is 5.94. The van der Waals surface area contributed by atoms with Crippen molar-refractivity contribution >= 4 is 5.91 Å². The van der Waals surface area contributed by atoms with Crippen LogP contribution in [0.1, 0.15) is 15.9 Å². The highest BCUT2D eigenvalue weighted by Crippen LogP contribution is 2.04. The highest BCUT2D eigenvalue weighted by Gasteiger charge is 2.15. The second-order valence-electron chi connectivity index (χ2n) is 4.36. The van der Waals surface area contributed by atoms with E-state index in [2.05, 4.69) is 17.2 Å². The van der Waals surface area contributed by atoms with Crippen LogP contribution < -0.4 is 11.1 Å². The van der Waals surface area contributed by atoms with Crippen LogP contribution >= 0.6 is 0 Å². The fourth-order valence-corrected chi connectivity index (χ4v) is 1.82. The maximum atomic E-state index is 11.9. The van der Waals surface area contributed by atoms with Gasteiger partial charge in [-0.3, -0.25) is 4.79 Å². The first-order valence-electron chi connectivity index (χ1n) is 6.56. The van der Waals surface area contributed by atoms with Crippen LogP contribution in [0, 0.1) is 11.8 Å². The number of carbonyl (C=O) groups is 1. The van der Waals surface area contributed by atoms with Gasteiger partial charge in [-0.25, -0.2) is 0 Å². The summed E-state index contributed by atoms with van der Waals surface area (Å²) in [5.74, 6) is 5.55. The molecule has 0 spiro atoms. The molecule has 1 aromatic rings. The molecule has 1 aliphatic heterocycles. The van der Waals surface area contributed by atoms with Crippen LogP contribution in [0.25, 0.3) is 0 Å². The topological polar surface area (TPSA) is 73.6 Å². The standard InChI is InChI=1S/C15H18N2O3/c16-7-1-2-12-3-5-13(6-4-12)15(18)17-10-14-11-19-8-9-20-14/h3-6,14H,7-11,16H2,(H,17,18). The van der Waals surface area contributed by atoms with Crippen molar-refractivity contribution < 1.29 is 14.3 Å². The Morgan fingerprint density at radius 1 is 1.35 bits per heavy atom. The van der Waals surface area contributed by atoms with E-state index >= 15 is 0 Å². The molecule has 0 aromatic heterocycles. The molecule has 20 heavy (non-hydrogen) atoms. The first-order valence-corrected chi connectivity index (χ1v) is 6.56. The first-order chi connectivity index (χ1) is 9.79. The van der Waals surface area contributed by atoms with E-state index in [9.17, 15) is 4.79 Å². The summed E-state index contributed by atoms with van der Waals surface area (Å²) in [5, 5.41) is 2.83. The van der Waals surface area contributed by atoms with Crippen LogP contribution in [-0.2, 0) is 9.47 Å². The normalized spacial score (nSPS) is 17.9. The first kappa shape index (κ1) is 14.5. The predicted molar refractivity (Wildman–Crippen MR) is 75.3 cm³/mol. The van der Waals surface area contributed by atoms with Gasteiger partial charge in [0.25, 0.3) is 5.91 Å². The van der Waals surface area contributed by atoms with Crippen LogP contribution in [0.3, 0.4) is 0 Å². The number of hydrogen-bond donors (Lipinski definition) is 2. The number of nitrogens with one attached hydrogen (secondary N) is 1. The summed E-state index contributed by atoms with van der Waals surface area (Å²) in [6, 6.07) is 7.10. The minimum Gasteiger partial charge on any atom is -0.376 e. The quantitative estimate of drug-likeness (QED) is 0.769. The maximum Gasteiger partial charge on any atom is 0.251 e. The molecule has 3 N–H and O–H groups in total. The number of nitrogens with two attached hydrogens (primary N) is 1. The fraction of sp³-hybridized carbons (Fsp3) is 0.400. The molecule has 1 aliphatic rings. The lowest BCUT2D eigenvalue weighted by Crippen LogP contribution is -2.39. The van der Waals surface area contributed by atoms with Gasteiger partial charge < -0.3 is 20.5 Å². The van der Waals surface area contributed by atoms with Crippen LogP contribution in [-0.4, -0.2) is 44.9 Å². The molecule has 1 fully saturated rings. The highest BCUT2D eigenvalue weighted by atomic mass is 16.6. The fourth-order valence-electron chi connectivity index (χ4n) is 1.82. The lowest BCUT2D eigenvalue weighted by molar-refractivity contribution is -0.0855. The molecule has 0 saturated carbocycles. The van der Waals surface area contributed by atoms with Crippen LogP contribution in [0.2, 0.25) is 0 Å². The Morgan fingerprint density at radius 2 is 2.15 bits per heavy atom. The molecule has 1 amide bonds. The Kier molecular flexibility index (Phi) is 5.56. The summed E-state index contributed by atoms with van der Waals surface area (Å²) in [6.45, 7) is 2.50. The molecule has 5 nitrogen and oxygen atoms in total. The molecular formula is C15H18N2O3. The largest absolute Gasteiger partial charge is 0.376 e. The van der Waals surface area contributed by atoms with E-state index in [1.807, 2.05) is 0 Å². The van der Waals surface area contributed by atoms with E-state index in [0.717, 1.165) is 5.56 Å². The van der Waals surface area contributed by atoms with E-state index < -0.39 is 0 Å². The molecular weight excluding hydrogens is 256 g/mol. The summed E-state index contributed by atoms with van der Waals surface area (Å²) in [6.07, 6.45) is -0.0672. The Labute approximate surface area is 118 Å². The SMILES string of the molecule is NCC#Cc1ccc(C(=O)NCC2COCCO2)cc1. The van der Waals surface area contributed by atoms with Crippen LogP contribution in [0.4, 0.5) is 0 Å². The van der Waals surface area contributed by atoms with E-state index in [0.29, 0.717) is 38.5 Å². The molecule has 5 heteroatoms. The molecule has 106 valence electrons.